The Morgan fingerprint density at radius 1 is 1.33 bits per heavy atom. The van der Waals surface area contributed by atoms with Crippen molar-refractivity contribution in [1.82, 2.24) is 10.2 Å². The number of carbonyl (C=O) groups is 1. The van der Waals surface area contributed by atoms with E-state index in [1.54, 1.807) is 31.2 Å². The first-order chi connectivity index (χ1) is 10.3. The SMILES string of the molecule is [CH2-][C@H](C)Oc1ccc(C(=O)Nc2nnc(C(C)(F)F)s2)cc1.[CH3-].[U+2]. The number of rotatable bonds is 5. The number of amides is 1. The molecule has 0 aliphatic heterocycles. The summed E-state index contributed by atoms with van der Waals surface area (Å²) in [5.41, 5.74) is 0.351. The molecule has 0 radical (unpaired) electrons. The second-order valence-corrected chi connectivity index (χ2v) is 5.69. The molecule has 1 aromatic carbocycles. The van der Waals surface area contributed by atoms with Crippen molar-refractivity contribution in [2.45, 2.75) is 25.9 Å². The van der Waals surface area contributed by atoms with Gasteiger partial charge in [0.25, 0.3) is 11.8 Å². The van der Waals surface area contributed by atoms with Gasteiger partial charge in [0.15, 0.2) is 5.01 Å². The predicted octanol–water partition coefficient (Wildman–Crippen LogP) is 3.95. The van der Waals surface area contributed by atoms with Gasteiger partial charge in [-0.2, -0.15) is 8.78 Å². The van der Waals surface area contributed by atoms with E-state index >= 15 is 0 Å². The molecule has 0 spiro atoms. The van der Waals surface area contributed by atoms with Gasteiger partial charge in [0.05, 0.1) is 0 Å². The second-order valence-electron chi connectivity index (χ2n) is 4.71. The summed E-state index contributed by atoms with van der Waals surface area (Å²) in [5.74, 6) is -2.95. The summed E-state index contributed by atoms with van der Waals surface area (Å²) in [4.78, 5) is 12.0. The van der Waals surface area contributed by atoms with Crippen LogP contribution in [0.5, 0.6) is 5.75 Å². The Kier molecular flexibility index (Phi) is 9.04. The van der Waals surface area contributed by atoms with Crippen molar-refractivity contribution in [1.29, 1.82) is 0 Å². The van der Waals surface area contributed by atoms with E-state index in [2.05, 4.69) is 22.4 Å². The topological polar surface area (TPSA) is 64.1 Å². The molecule has 2 aromatic rings. The van der Waals surface area contributed by atoms with Crippen LogP contribution in [-0.2, 0) is 5.92 Å². The molecular weight excluding hydrogens is 562 g/mol. The normalized spacial score (nSPS) is 11.7. The number of hydrogen-bond donors (Lipinski definition) is 1. The molecule has 9 heteroatoms. The first-order valence-corrected chi connectivity index (χ1v) is 7.20. The van der Waals surface area contributed by atoms with Crippen LogP contribution in [0.2, 0.25) is 0 Å². The molecule has 1 aromatic heterocycles. The number of halogens is 2. The third kappa shape index (κ3) is 6.46. The molecule has 2 rings (SSSR count). The predicted molar refractivity (Wildman–Crippen MR) is 85.7 cm³/mol. The Hall–Kier alpha value is -1.04. The molecular formula is C15H17F2N3O2SU. The molecule has 128 valence electrons. The summed E-state index contributed by atoms with van der Waals surface area (Å²) in [6, 6.07) is 6.37. The van der Waals surface area contributed by atoms with Crippen molar-refractivity contribution >= 4 is 22.4 Å². The molecule has 1 N–H and O–H groups in total. The molecule has 0 unspecified atom stereocenters. The third-order valence-electron chi connectivity index (χ3n) is 2.47. The van der Waals surface area contributed by atoms with Gasteiger partial charge in [-0.1, -0.05) is 18.3 Å². The second kappa shape index (κ2) is 9.45. The monoisotopic (exact) mass is 579 g/mol. The molecule has 0 saturated carbocycles. The average molecular weight is 579 g/mol. The number of aromatic nitrogens is 2. The largest absolute Gasteiger partial charge is 2.00 e. The maximum atomic E-state index is 13.1. The molecule has 0 bridgehead atoms. The Morgan fingerprint density at radius 2 is 1.92 bits per heavy atom. The van der Waals surface area contributed by atoms with Crippen LogP contribution >= 0.6 is 11.3 Å². The van der Waals surface area contributed by atoms with Gasteiger partial charge in [-0.25, -0.2) is 0 Å². The summed E-state index contributed by atoms with van der Waals surface area (Å²) in [7, 11) is 0. The van der Waals surface area contributed by atoms with Crippen molar-refractivity contribution in [3.05, 3.63) is 49.2 Å². The van der Waals surface area contributed by atoms with Crippen LogP contribution in [0.15, 0.2) is 24.3 Å². The minimum absolute atomic E-state index is 0. The van der Waals surface area contributed by atoms with E-state index in [1.807, 2.05) is 0 Å². The van der Waals surface area contributed by atoms with Gasteiger partial charge in [0, 0.05) is 12.5 Å². The number of alkyl halides is 2. The van der Waals surface area contributed by atoms with Gasteiger partial charge in [-0.05, 0) is 30.4 Å². The molecule has 1 atom stereocenters. The van der Waals surface area contributed by atoms with Crippen LogP contribution < -0.4 is 10.1 Å². The van der Waals surface area contributed by atoms with E-state index in [4.69, 9.17) is 4.74 Å². The van der Waals surface area contributed by atoms with Crippen molar-refractivity contribution in [3.8, 4) is 5.75 Å². The van der Waals surface area contributed by atoms with Gasteiger partial charge in [0.2, 0.25) is 5.13 Å². The van der Waals surface area contributed by atoms with Crippen LogP contribution in [0, 0.1) is 45.5 Å². The van der Waals surface area contributed by atoms with Crippen LogP contribution in [0.1, 0.15) is 29.2 Å². The van der Waals surface area contributed by atoms with E-state index in [9.17, 15) is 13.6 Å². The van der Waals surface area contributed by atoms with Gasteiger partial charge >= 0.3 is 31.1 Å². The summed E-state index contributed by atoms with van der Waals surface area (Å²) in [5, 5.41) is 8.89. The molecule has 0 fully saturated rings. The van der Waals surface area contributed by atoms with E-state index in [0.29, 0.717) is 22.6 Å². The minimum atomic E-state index is -3.08. The van der Waals surface area contributed by atoms with Crippen molar-refractivity contribution in [3.63, 3.8) is 0 Å². The minimum Gasteiger partial charge on any atom is -0.522 e. The van der Waals surface area contributed by atoms with E-state index in [0.717, 1.165) is 6.92 Å². The van der Waals surface area contributed by atoms with Gasteiger partial charge in [0.1, 0.15) is 5.75 Å². The van der Waals surface area contributed by atoms with Gasteiger partial charge < -0.3 is 19.1 Å². The Labute approximate surface area is 167 Å². The van der Waals surface area contributed by atoms with Crippen molar-refractivity contribution in [2.75, 3.05) is 5.32 Å². The van der Waals surface area contributed by atoms with Gasteiger partial charge in [-0.15, -0.1) is 10.2 Å². The molecule has 1 heterocycles. The first kappa shape index (κ1) is 23.0. The zero-order chi connectivity index (χ0) is 16.3. The average Bonchev–Trinajstić information content (AvgIpc) is 2.87. The number of hydrogen-bond acceptors (Lipinski definition) is 5. The summed E-state index contributed by atoms with van der Waals surface area (Å²) in [6.45, 7) is 6.21. The fraction of sp³-hybridized carbons (Fsp3) is 0.267. The Balaban J connectivity index is 0.00000264. The van der Waals surface area contributed by atoms with E-state index < -0.39 is 16.8 Å². The summed E-state index contributed by atoms with van der Waals surface area (Å²) < 4.78 is 31.5. The van der Waals surface area contributed by atoms with Crippen LogP contribution in [0.4, 0.5) is 13.9 Å². The zero-order valence-corrected chi connectivity index (χ0v) is 18.4. The third-order valence-corrected chi connectivity index (χ3v) is 3.49. The van der Waals surface area contributed by atoms with Gasteiger partial charge in [-0.3, -0.25) is 10.1 Å². The van der Waals surface area contributed by atoms with E-state index in [1.165, 1.54) is 0 Å². The molecule has 0 aliphatic carbocycles. The number of carbonyl (C=O) groups excluding carboxylic acids is 1. The smallest absolute Gasteiger partial charge is 0.522 e. The number of ether oxygens (including phenoxy) is 1. The number of nitrogens with zero attached hydrogens (tertiary/aromatic N) is 2. The quantitative estimate of drug-likeness (QED) is 0.546. The van der Waals surface area contributed by atoms with Crippen LogP contribution in [0.25, 0.3) is 0 Å². The Morgan fingerprint density at radius 3 is 2.38 bits per heavy atom. The fourth-order valence-corrected chi connectivity index (χ4v) is 2.21. The molecule has 0 saturated heterocycles. The summed E-state index contributed by atoms with van der Waals surface area (Å²) >= 11 is 0.637. The zero-order valence-electron chi connectivity index (χ0n) is 13.5. The summed E-state index contributed by atoms with van der Waals surface area (Å²) in [6.07, 6.45) is -0.213. The van der Waals surface area contributed by atoms with Crippen LogP contribution in [0.3, 0.4) is 0 Å². The Bertz CT molecular complexity index is 657. The number of nitrogens with one attached hydrogen (secondary N) is 1. The maximum Gasteiger partial charge on any atom is 2.00 e. The standard InChI is InChI=1S/C14H14F2N3O2S.CH3.U/c1-8(2)21-10-6-4-9(5-7-10)11(20)17-13-19-18-12(22-13)14(3,15)16;;/h4-8H,1H2,2-3H3,(H,17,19,20);1H3;/q2*-1;+2/t8-;;/m1../s1. The fourth-order valence-electron chi connectivity index (χ4n) is 1.54. The maximum absolute atomic E-state index is 13.1. The van der Waals surface area contributed by atoms with Crippen LogP contribution in [-0.4, -0.2) is 22.2 Å². The number of benzene rings is 1. The molecule has 1 amide bonds. The van der Waals surface area contributed by atoms with E-state index in [-0.39, 0.29) is 49.8 Å². The number of anilines is 1. The molecule has 5 nitrogen and oxygen atoms in total. The van der Waals surface area contributed by atoms with Crippen molar-refractivity contribution < 1.29 is 49.4 Å². The van der Waals surface area contributed by atoms with Crippen molar-refractivity contribution in [2.24, 2.45) is 0 Å². The molecule has 24 heavy (non-hydrogen) atoms. The molecule has 0 aliphatic rings. The first-order valence-electron chi connectivity index (χ1n) is 6.38.